The van der Waals surface area contributed by atoms with E-state index in [4.69, 9.17) is 5.11 Å². The summed E-state index contributed by atoms with van der Waals surface area (Å²) < 4.78 is 24.7. The van der Waals surface area contributed by atoms with Gasteiger partial charge in [-0.05, 0) is 39.9 Å². The molecule has 0 unspecified atom stereocenters. The first-order valence-electron chi connectivity index (χ1n) is 14.3. The molecule has 0 fully saturated rings. The summed E-state index contributed by atoms with van der Waals surface area (Å²) in [4.78, 5) is 20.2. The average molecular weight is 650 g/mol. The summed E-state index contributed by atoms with van der Waals surface area (Å²) in [5, 5.41) is 19.7. The Kier molecular flexibility index (Phi) is 10.1. The third-order valence-corrected chi connectivity index (χ3v) is 7.83. The number of amides is 1. The van der Waals surface area contributed by atoms with Crippen molar-refractivity contribution in [3.8, 4) is 45.1 Å². The Morgan fingerprint density at radius 3 is 1.62 bits per heavy atom. The number of phenolic OH excluding ortho intramolecular Hbond substituents is 1. The summed E-state index contributed by atoms with van der Waals surface area (Å²) in [5.41, 5.74) is 8.17. The molecule has 0 aliphatic carbocycles. The Bertz CT molecular complexity index is 2160. The predicted molar refractivity (Wildman–Crippen MR) is 181 cm³/mol. The molecule has 3 N–H and O–H groups in total. The van der Waals surface area contributed by atoms with E-state index in [9.17, 15) is 18.3 Å². The Hall–Kier alpha value is -4.93. The molecule has 5 aromatic carbocycles. The largest absolute Gasteiger partial charge is 1.00 e. The maximum Gasteiger partial charge on any atom is 1.00 e. The molecule has 1 amide bonds. The molecular weight excluding hydrogens is 621 g/mol. The van der Waals surface area contributed by atoms with Gasteiger partial charge in [0.05, 0.1) is 32.6 Å². The number of hydrogen-bond acceptors (Lipinski definition) is 5. The third-order valence-electron chi connectivity index (χ3n) is 7.29. The Morgan fingerprint density at radius 1 is 0.617 bits per heavy atom. The number of hydrogen-bond donors (Lipinski definition) is 3. The fraction of sp³-hybridized carbons (Fsp3) is 0.0270. The summed E-state index contributed by atoms with van der Waals surface area (Å²) in [6, 6.07) is 41.8. The number of carbonyl (C=O) groups is 1. The average Bonchev–Trinajstić information content (AvgIpc) is 3.59. The molecule has 0 saturated carbocycles. The van der Waals surface area contributed by atoms with Gasteiger partial charge in [-0.1, -0.05) is 121 Å². The van der Waals surface area contributed by atoms with Gasteiger partial charge in [-0.2, -0.15) is 0 Å². The van der Waals surface area contributed by atoms with Crippen LogP contribution in [0.3, 0.4) is 0 Å². The zero-order valence-electron chi connectivity index (χ0n) is 25.6. The van der Waals surface area contributed by atoms with E-state index < -0.39 is 10.0 Å². The zero-order valence-corrected chi connectivity index (χ0v) is 28.4. The van der Waals surface area contributed by atoms with E-state index in [0.717, 1.165) is 39.6 Å². The molecule has 1 aliphatic heterocycles. The molecule has 0 spiro atoms. The van der Waals surface area contributed by atoms with Gasteiger partial charge in [0.25, 0.3) is 5.91 Å². The number of rotatable bonds is 6. The molecule has 0 atom stereocenters. The Balaban J connectivity index is 0.000000284. The number of fused-ring (bicyclic) bond motifs is 1. The predicted octanol–water partition coefficient (Wildman–Crippen LogP) is 5.07. The molecule has 1 aromatic heterocycles. The summed E-state index contributed by atoms with van der Waals surface area (Å²) in [6.45, 7) is 0. The van der Waals surface area contributed by atoms with Crippen LogP contribution < -0.4 is 29.6 Å². The minimum absolute atomic E-state index is 0. The molecule has 6 aromatic rings. The molecule has 228 valence electrons. The number of aliphatic imine (C=N–C) groups is 1. The van der Waals surface area contributed by atoms with Crippen LogP contribution in [-0.2, 0) is 10.0 Å². The number of carbonyl (C=O) groups excluding carboxylic acids is 1. The monoisotopic (exact) mass is 649 g/mol. The van der Waals surface area contributed by atoms with Gasteiger partial charge in [0.15, 0.2) is 5.88 Å². The van der Waals surface area contributed by atoms with Crippen molar-refractivity contribution in [2.75, 3.05) is 6.26 Å². The molecule has 1 aliphatic rings. The normalized spacial score (nSPS) is 11.9. The van der Waals surface area contributed by atoms with Crippen molar-refractivity contribution >= 4 is 27.3 Å². The molecule has 0 saturated heterocycles. The molecule has 7 rings (SSSR count). The van der Waals surface area contributed by atoms with Crippen molar-refractivity contribution in [3.63, 3.8) is 0 Å². The minimum Gasteiger partial charge on any atom is -0.577 e. The van der Waals surface area contributed by atoms with Gasteiger partial charge in [0, 0.05) is 11.8 Å². The van der Waals surface area contributed by atoms with Crippen molar-refractivity contribution in [2.24, 2.45) is 4.99 Å². The molecule has 8 nitrogen and oxygen atoms in total. The molecule has 2 heterocycles. The molecule has 47 heavy (non-hydrogen) atoms. The SMILES string of the molecule is CS(=O)(=O)[N-]c1cccc(O)c1.O=C1N=C(c2ccc(-c3ccccc3)cc2)c2c(O)[nH]c(-c3ccc(-c4ccccc4)cc3)c21.[Na+]. The molecular formula is C37H28N3NaO5S. The summed E-state index contributed by atoms with van der Waals surface area (Å²) >= 11 is 0. The maximum absolute atomic E-state index is 12.9. The van der Waals surface area contributed by atoms with Crippen molar-refractivity contribution in [1.82, 2.24) is 4.98 Å². The molecule has 0 bridgehead atoms. The van der Waals surface area contributed by atoms with Crippen molar-refractivity contribution in [3.05, 3.63) is 155 Å². The number of nitrogens with one attached hydrogen (secondary N) is 1. The maximum atomic E-state index is 12.9. The van der Waals surface area contributed by atoms with Crippen LogP contribution in [0.25, 0.3) is 38.2 Å². The second-order valence-corrected chi connectivity index (χ2v) is 12.2. The number of benzene rings is 5. The van der Waals surface area contributed by atoms with E-state index in [2.05, 4.69) is 39.0 Å². The van der Waals surface area contributed by atoms with Crippen LogP contribution in [-0.4, -0.2) is 41.5 Å². The van der Waals surface area contributed by atoms with Gasteiger partial charge < -0.3 is 19.9 Å². The van der Waals surface area contributed by atoms with Crippen molar-refractivity contribution in [2.45, 2.75) is 0 Å². The van der Waals surface area contributed by atoms with Crippen molar-refractivity contribution < 1.29 is 53.0 Å². The number of phenols is 1. The second-order valence-electron chi connectivity index (χ2n) is 10.6. The van der Waals surface area contributed by atoms with Gasteiger partial charge in [0.2, 0.25) is 0 Å². The number of aromatic nitrogens is 1. The molecule has 10 heteroatoms. The summed E-state index contributed by atoms with van der Waals surface area (Å²) in [6.07, 6.45) is 0.997. The van der Waals surface area contributed by atoms with Gasteiger partial charge in [-0.3, -0.25) is 4.79 Å². The standard InChI is InChI=1S/C30H20N2O2.C7H8NO3S.Na/c33-29-25-26(28(32-29)24-17-13-22(14-18-24)20-9-5-2-6-10-20)30(34)31-27(25)23-15-11-21(12-16-23)19-7-3-1-4-8-19;1-12(10,11)8-6-3-2-4-7(9)5-6;/h1-18,31,34H;2-5,9H,1H3;/q;-1;+1. The van der Waals surface area contributed by atoms with E-state index in [1.807, 2.05) is 84.9 Å². The second kappa shape index (κ2) is 14.2. The minimum atomic E-state index is -3.38. The number of aromatic hydroxyl groups is 2. The third kappa shape index (κ3) is 7.73. The van der Waals surface area contributed by atoms with Crippen LogP contribution in [0.1, 0.15) is 21.5 Å². The zero-order chi connectivity index (χ0) is 32.3. The fourth-order valence-electron chi connectivity index (χ4n) is 5.22. The van der Waals surface area contributed by atoms with E-state index in [1.165, 1.54) is 24.3 Å². The first-order valence-corrected chi connectivity index (χ1v) is 16.1. The van der Waals surface area contributed by atoms with Crippen LogP contribution in [0.2, 0.25) is 0 Å². The first kappa shape index (κ1) is 33.4. The van der Waals surface area contributed by atoms with E-state index >= 15 is 0 Å². The Labute approximate surface area is 294 Å². The van der Waals surface area contributed by atoms with Crippen LogP contribution in [0.5, 0.6) is 11.6 Å². The van der Waals surface area contributed by atoms with Gasteiger partial charge in [-0.25, -0.2) is 13.4 Å². The quantitative estimate of drug-likeness (QED) is 0.217. The van der Waals surface area contributed by atoms with E-state index in [-0.39, 0.29) is 52.8 Å². The summed E-state index contributed by atoms with van der Waals surface area (Å²) in [7, 11) is -3.38. The van der Waals surface area contributed by atoms with Crippen LogP contribution in [0, 0.1) is 0 Å². The van der Waals surface area contributed by atoms with Crippen LogP contribution >= 0.6 is 0 Å². The van der Waals surface area contributed by atoms with Crippen LogP contribution in [0.15, 0.2) is 138 Å². The Morgan fingerprint density at radius 2 is 1.11 bits per heavy atom. The smallest absolute Gasteiger partial charge is 0.577 e. The number of aromatic amines is 1. The number of H-pyrrole nitrogens is 1. The van der Waals surface area contributed by atoms with Crippen LogP contribution in [0.4, 0.5) is 5.69 Å². The van der Waals surface area contributed by atoms with Gasteiger partial charge in [0.1, 0.15) is 5.75 Å². The van der Waals surface area contributed by atoms with E-state index in [0.29, 0.717) is 22.5 Å². The first-order chi connectivity index (χ1) is 22.2. The van der Waals surface area contributed by atoms with Gasteiger partial charge >= 0.3 is 29.6 Å². The fourth-order valence-corrected chi connectivity index (χ4v) is 5.72. The number of nitrogens with zero attached hydrogens (tertiary/aromatic N) is 2. The van der Waals surface area contributed by atoms with Crippen molar-refractivity contribution in [1.29, 1.82) is 0 Å². The number of sulfonamides is 1. The van der Waals surface area contributed by atoms with E-state index in [1.54, 1.807) is 0 Å². The molecule has 0 radical (unpaired) electrons. The summed E-state index contributed by atoms with van der Waals surface area (Å²) in [5.74, 6) is -0.399. The topological polar surface area (TPSA) is 134 Å². The van der Waals surface area contributed by atoms with Gasteiger partial charge in [-0.15, -0.1) is 5.69 Å².